The fourth-order valence-corrected chi connectivity index (χ4v) is 2.61. The summed E-state index contributed by atoms with van der Waals surface area (Å²) in [6.45, 7) is 1.38. The van der Waals surface area contributed by atoms with Crippen LogP contribution in [-0.2, 0) is 16.1 Å². The van der Waals surface area contributed by atoms with Crippen LogP contribution in [0.2, 0.25) is 5.02 Å². The van der Waals surface area contributed by atoms with Gasteiger partial charge in [-0.05, 0) is 17.7 Å². The number of nitrogens with zero attached hydrogens (tertiary/aromatic N) is 1. The highest BCUT2D eigenvalue weighted by atomic mass is 35.5. The quantitative estimate of drug-likeness (QED) is 0.693. The number of carbonyl (C=O) groups excluding carboxylic acids is 2. The third-order valence-corrected chi connectivity index (χ3v) is 3.93. The summed E-state index contributed by atoms with van der Waals surface area (Å²) >= 11 is 5.67. The topological polar surface area (TPSA) is 81.7 Å². The number of benzene rings is 1. The molecule has 0 bridgehead atoms. The number of carbonyl (C=O) groups is 2. The maximum atomic E-state index is 13.5. The number of amides is 2. The zero-order valence-electron chi connectivity index (χ0n) is 12.5. The Morgan fingerprint density at radius 1 is 1.52 bits per heavy atom. The van der Waals surface area contributed by atoms with Crippen LogP contribution >= 0.6 is 11.6 Å². The van der Waals surface area contributed by atoms with Gasteiger partial charge in [0.1, 0.15) is 5.82 Å². The predicted molar refractivity (Wildman–Crippen MR) is 83.3 cm³/mol. The molecule has 6 nitrogen and oxygen atoms in total. The number of halogens is 2. The molecule has 1 saturated heterocycles. The predicted octanol–water partition coefficient (Wildman–Crippen LogP) is 0.278. The highest BCUT2D eigenvalue weighted by molar-refractivity contribution is 6.30. The molecule has 1 aliphatic rings. The summed E-state index contributed by atoms with van der Waals surface area (Å²) in [5.74, 6) is -1.05. The van der Waals surface area contributed by atoms with Gasteiger partial charge < -0.3 is 15.7 Å². The SMILES string of the molecule is O=C(CC1C(=O)NCCN1Cc1ccc(Cl)c(F)c1)NCCO. The lowest BCUT2D eigenvalue weighted by Crippen LogP contribution is -2.56. The molecule has 0 aliphatic carbocycles. The van der Waals surface area contributed by atoms with Crippen LogP contribution in [0.3, 0.4) is 0 Å². The van der Waals surface area contributed by atoms with E-state index in [-0.39, 0.29) is 36.4 Å². The van der Waals surface area contributed by atoms with Crippen molar-refractivity contribution in [1.29, 1.82) is 0 Å². The lowest BCUT2D eigenvalue weighted by Gasteiger charge is -2.34. The molecule has 0 aromatic heterocycles. The maximum Gasteiger partial charge on any atom is 0.237 e. The molecular formula is C15H19ClFN3O3. The Morgan fingerprint density at radius 3 is 3.00 bits per heavy atom. The second-order valence-corrected chi connectivity index (χ2v) is 5.71. The van der Waals surface area contributed by atoms with Gasteiger partial charge in [-0.25, -0.2) is 4.39 Å². The number of rotatable bonds is 6. The lowest BCUT2D eigenvalue weighted by molar-refractivity contribution is -0.134. The van der Waals surface area contributed by atoms with Gasteiger partial charge >= 0.3 is 0 Å². The number of hydrogen-bond acceptors (Lipinski definition) is 4. The molecule has 2 amide bonds. The molecule has 0 radical (unpaired) electrons. The van der Waals surface area contributed by atoms with Gasteiger partial charge in [0.25, 0.3) is 0 Å². The minimum absolute atomic E-state index is 0.0120. The number of nitrogens with one attached hydrogen (secondary N) is 2. The van der Waals surface area contributed by atoms with Crippen molar-refractivity contribution in [2.24, 2.45) is 0 Å². The van der Waals surface area contributed by atoms with Crippen LogP contribution in [0.5, 0.6) is 0 Å². The first-order valence-electron chi connectivity index (χ1n) is 7.34. The fourth-order valence-electron chi connectivity index (χ4n) is 2.49. The normalized spacial score (nSPS) is 18.6. The Morgan fingerprint density at radius 2 is 2.30 bits per heavy atom. The average molecular weight is 344 g/mol. The van der Waals surface area contributed by atoms with Crippen LogP contribution in [0.25, 0.3) is 0 Å². The number of aliphatic hydroxyl groups excluding tert-OH is 1. The summed E-state index contributed by atoms with van der Waals surface area (Å²) in [6, 6.07) is 3.87. The molecular weight excluding hydrogens is 325 g/mol. The Bertz CT molecular complexity index is 585. The summed E-state index contributed by atoms with van der Waals surface area (Å²) < 4.78 is 13.5. The average Bonchev–Trinajstić information content (AvgIpc) is 2.52. The molecule has 1 aromatic carbocycles. The van der Waals surface area contributed by atoms with E-state index in [1.165, 1.54) is 12.1 Å². The van der Waals surface area contributed by atoms with E-state index in [0.717, 1.165) is 0 Å². The van der Waals surface area contributed by atoms with Crippen molar-refractivity contribution >= 4 is 23.4 Å². The Hall–Kier alpha value is -1.70. The largest absolute Gasteiger partial charge is 0.395 e. The smallest absolute Gasteiger partial charge is 0.237 e. The van der Waals surface area contributed by atoms with E-state index in [1.54, 1.807) is 6.07 Å². The van der Waals surface area contributed by atoms with E-state index in [4.69, 9.17) is 16.7 Å². The van der Waals surface area contributed by atoms with Crippen LogP contribution < -0.4 is 10.6 Å². The van der Waals surface area contributed by atoms with Crippen molar-refractivity contribution in [2.75, 3.05) is 26.2 Å². The molecule has 1 atom stereocenters. The van der Waals surface area contributed by atoms with Crippen LogP contribution in [0, 0.1) is 5.82 Å². The molecule has 1 fully saturated rings. The van der Waals surface area contributed by atoms with E-state index in [0.29, 0.717) is 25.2 Å². The molecule has 0 saturated carbocycles. The van der Waals surface area contributed by atoms with Crippen molar-refractivity contribution in [1.82, 2.24) is 15.5 Å². The van der Waals surface area contributed by atoms with Gasteiger partial charge in [-0.1, -0.05) is 17.7 Å². The first-order valence-corrected chi connectivity index (χ1v) is 7.72. The summed E-state index contributed by atoms with van der Waals surface area (Å²) in [4.78, 5) is 25.7. The monoisotopic (exact) mass is 343 g/mol. The van der Waals surface area contributed by atoms with E-state index >= 15 is 0 Å². The highest BCUT2D eigenvalue weighted by Crippen LogP contribution is 2.19. The zero-order valence-corrected chi connectivity index (χ0v) is 13.3. The molecule has 1 aliphatic heterocycles. The molecule has 1 aromatic rings. The number of piperazine rings is 1. The molecule has 2 rings (SSSR count). The molecule has 8 heteroatoms. The number of aliphatic hydroxyl groups is 1. The highest BCUT2D eigenvalue weighted by Gasteiger charge is 2.31. The Kier molecular flexibility index (Phi) is 6.32. The van der Waals surface area contributed by atoms with Gasteiger partial charge in [0.05, 0.1) is 24.1 Å². The minimum atomic E-state index is -0.624. The van der Waals surface area contributed by atoms with Gasteiger partial charge in [0, 0.05) is 26.2 Å². The molecule has 3 N–H and O–H groups in total. The van der Waals surface area contributed by atoms with Crippen LogP contribution in [0.15, 0.2) is 18.2 Å². The summed E-state index contributed by atoms with van der Waals surface area (Å²) in [7, 11) is 0. The van der Waals surface area contributed by atoms with Gasteiger partial charge in [-0.2, -0.15) is 0 Å². The molecule has 1 unspecified atom stereocenters. The third kappa shape index (κ3) is 4.89. The zero-order chi connectivity index (χ0) is 16.8. The van der Waals surface area contributed by atoms with Crippen LogP contribution in [-0.4, -0.2) is 54.1 Å². The first-order chi connectivity index (χ1) is 11.0. The lowest BCUT2D eigenvalue weighted by atomic mass is 10.1. The second-order valence-electron chi connectivity index (χ2n) is 5.30. The van der Waals surface area contributed by atoms with Crippen LogP contribution in [0.1, 0.15) is 12.0 Å². The molecule has 0 spiro atoms. The van der Waals surface area contributed by atoms with E-state index in [2.05, 4.69) is 10.6 Å². The van der Waals surface area contributed by atoms with Gasteiger partial charge in [0.2, 0.25) is 11.8 Å². The minimum Gasteiger partial charge on any atom is -0.395 e. The van der Waals surface area contributed by atoms with Crippen molar-refractivity contribution in [3.05, 3.63) is 34.6 Å². The first kappa shape index (κ1) is 17.7. The van der Waals surface area contributed by atoms with Gasteiger partial charge in [-0.15, -0.1) is 0 Å². The van der Waals surface area contributed by atoms with E-state index in [1.807, 2.05) is 4.90 Å². The molecule has 126 valence electrons. The van der Waals surface area contributed by atoms with Crippen molar-refractivity contribution in [3.63, 3.8) is 0 Å². The Balaban J connectivity index is 2.05. The third-order valence-electron chi connectivity index (χ3n) is 3.62. The summed E-state index contributed by atoms with van der Waals surface area (Å²) in [5, 5.41) is 14.0. The van der Waals surface area contributed by atoms with E-state index < -0.39 is 11.9 Å². The van der Waals surface area contributed by atoms with Crippen LogP contribution in [0.4, 0.5) is 4.39 Å². The van der Waals surface area contributed by atoms with E-state index in [9.17, 15) is 14.0 Å². The van der Waals surface area contributed by atoms with Gasteiger partial charge in [-0.3, -0.25) is 14.5 Å². The summed E-state index contributed by atoms with van der Waals surface area (Å²) in [6.07, 6.45) is -0.0120. The molecule has 23 heavy (non-hydrogen) atoms. The standard InChI is InChI=1S/C15H19ClFN3O3/c16-11-2-1-10(7-12(11)17)9-20-5-3-19-15(23)13(20)8-14(22)18-4-6-21/h1-2,7,13,21H,3-6,8-9H2,(H,18,22)(H,19,23). The van der Waals surface area contributed by atoms with Gasteiger partial charge in [0.15, 0.2) is 0 Å². The second kappa shape index (κ2) is 8.24. The Labute approximate surface area is 138 Å². The number of hydrogen-bond donors (Lipinski definition) is 3. The van der Waals surface area contributed by atoms with Crippen molar-refractivity contribution in [2.45, 2.75) is 19.0 Å². The molecule has 1 heterocycles. The van der Waals surface area contributed by atoms with Crippen molar-refractivity contribution in [3.8, 4) is 0 Å². The fraction of sp³-hybridized carbons (Fsp3) is 0.467. The maximum absolute atomic E-state index is 13.5. The summed E-state index contributed by atoms with van der Waals surface area (Å²) in [5.41, 5.74) is 0.683. The van der Waals surface area contributed by atoms with Crippen molar-refractivity contribution < 1.29 is 19.1 Å².